The van der Waals surface area contributed by atoms with Crippen LogP contribution in [0.3, 0.4) is 0 Å². The monoisotopic (exact) mass is 265 g/mol. The summed E-state index contributed by atoms with van der Waals surface area (Å²) in [5, 5.41) is 11.9. The van der Waals surface area contributed by atoms with Crippen LogP contribution < -0.4 is 10.6 Å². The largest absolute Gasteiger partial charge is 0.302 e. The van der Waals surface area contributed by atoms with Crippen molar-refractivity contribution in [2.75, 3.05) is 4.90 Å². The van der Waals surface area contributed by atoms with E-state index in [4.69, 9.17) is 5.73 Å². The zero-order valence-electron chi connectivity index (χ0n) is 9.12. The summed E-state index contributed by atoms with van der Waals surface area (Å²) < 4.78 is 0. The highest BCUT2D eigenvalue weighted by atomic mass is 32.2. The van der Waals surface area contributed by atoms with E-state index >= 15 is 0 Å². The molecule has 2 aromatic rings. The number of thioether (sulfide) groups is 1. The van der Waals surface area contributed by atoms with Crippen molar-refractivity contribution in [3.8, 4) is 0 Å². The number of nitrogens with two attached hydrogens (primary N) is 1. The number of nitrogens with one attached hydrogen (secondary N) is 1. The fourth-order valence-electron chi connectivity index (χ4n) is 1.70. The molecule has 1 unspecified atom stereocenters. The van der Waals surface area contributed by atoms with E-state index in [0.717, 1.165) is 22.1 Å². The number of thiazole rings is 1. The summed E-state index contributed by atoms with van der Waals surface area (Å²) in [7, 11) is 0. The second kappa shape index (κ2) is 4.17. The average molecular weight is 265 g/mol. The molecule has 17 heavy (non-hydrogen) atoms. The van der Waals surface area contributed by atoms with Gasteiger partial charge in [0.1, 0.15) is 11.3 Å². The van der Waals surface area contributed by atoms with Crippen LogP contribution >= 0.6 is 23.1 Å². The Morgan fingerprint density at radius 1 is 1.53 bits per heavy atom. The van der Waals surface area contributed by atoms with Crippen LogP contribution in [0.2, 0.25) is 0 Å². The topological polar surface area (TPSA) is 70.8 Å². The van der Waals surface area contributed by atoms with Gasteiger partial charge in [-0.05, 0) is 12.3 Å². The van der Waals surface area contributed by atoms with Crippen LogP contribution in [0.4, 0.5) is 5.82 Å². The Morgan fingerprint density at radius 3 is 3.06 bits per heavy atom. The Balaban J connectivity index is 1.99. The number of hydrogen-bond donors (Lipinski definition) is 2. The van der Waals surface area contributed by atoms with Gasteiger partial charge in [0.05, 0.1) is 16.9 Å². The molecule has 2 aromatic heterocycles. The number of hydrogen-bond acceptors (Lipinski definition) is 6. The minimum Gasteiger partial charge on any atom is -0.302 e. The molecule has 3 heterocycles. The molecule has 0 saturated carbocycles. The Morgan fingerprint density at radius 2 is 2.41 bits per heavy atom. The van der Waals surface area contributed by atoms with E-state index < -0.39 is 0 Å². The average Bonchev–Trinajstić information content (AvgIpc) is 2.97. The third kappa shape index (κ3) is 1.86. The van der Waals surface area contributed by atoms with Crippen LogP contribution in [0.5, 0.6) is 0 Å². The van der Waals surface area contributed by atoms with Crippen LogP contribution in [-0.2, 0) is 0 Å². The number of anilines is 1. The lowest BCUT2D eigenvalue weighted by atomic mass is 10.2. The number of rotatable bonds is 2. The third-order valence-corrected chi connectivity index (χ3v) is 4.09. The first-order chi connectivity index (χ1) is 8.25. The van der Waals surface area contributed by atoms with Gasteiger partial charge in [0.25, 0.3) is 0 Å². The second-order valence-corrected chi connectivity index (χ2v) is 5.66. The molecule has 88 valence electrons. The SMILES string of the molecule is Cc1nc(N2C(c3cn[nH]c3)=CSC2N)cs1. The maximum Gasteiger partial charge on any atom is 0.146 e. The van der Waals surface area contributed by atoms with Gasteiger partial charge in [-0.1, -0.05) is 11.8 Å². The van der Waals surface area contributed by atoms with Crippen LogP contribution in [0.1, 0.15) is 10.6 Å². The minimum atomic E-state index is -0.124. The van der Waals surface area contributed by atoms with Crippen molar-refractivity contribution in [1.82, 2.24) is 15.2 Å². The number of H-pyrrole nitrogens is 1. The number of aryl methyl sites for hydroxylation is 1. The number of aromatic nitrogens is 3. The van der Waals surface area contributed by atoms with E-state index in [1.165, 1.54) is 0 Å². The summed E-state index contributed by atoms with van der Waals surface area (Å²) in [6.45, 7) is 1.99. The Kier molecular flexibility index (Phi) is 2.65. The molecule has 1 aliphatic rings. The second-order valence-electron chi connectivity index (χ2n) is 3.61. The van der Waals surface area contributed by atoms with Crippen molar-refractivity contribution >= 4 is 34.6 Å². The van der Waals surface area contributed by atoms with Crippen LogP contribution in [0.15, 0.2) is 23.2 Å². The van der Waals surface area contributed by atoms with Gasteiger partial charge in [-0.3, -0.25) is 10.00 Å². The minimum absolute atomic E-state index is 0.124. The molecule has 5 nitrogen and oxygen atoms in total. The summed E-state index contributed by atoms with van der Waals surface area (Å²) in [6.07, 6.45) is 3.65. The van der Waals surface area contributed by atoms with Crippen LogP contribution in [0.25, 0.3) is 5.70 Å². The summed E-state index contributed by atoms with van der Waals surface area (Å²) in [6, 6.07) is 0. The summed E-state index contributed by atoms with van der Waals surface area (Å²) in [4.78, 5) is 6.51. The fraction of sp³-hybridized carbons (Fsp3) is 0.200. The molecule has 1 aliphatic heterocycles. The Labute approximate surface area is 107 Å². The molecule has 7 heteroatoms. The quantitative estimate of drug-likeness (QED) is 0.868. The molecule has 0 radical (unpaired) electrons. The van der Waals surface area contributed by atoms with Gasteiger partial charge < -0.3 is 5.73 Å². The molecule has 3 N–H and O–H groups in total. The molecule has 0 amide bonds. The van der Waals surface area contributed by atoms with Crippen molar-refractivity contribution < 1.29 is 0 Å². The smallest absolute Gasteiger partial charge is 0.146 e. The zero-order valence-corrected chi connectivity index (χ0v) is 10.8. The van der Waals surface area contributed by atoms with Crippen molar-refractivity contribution in [2.24, 2.45) is 5.73 Å². The number of nitrogens with zero attached hydrogens (tertiary/aromatic N) is 3. The molecule has 1 atom stereocenters. The first-order valence-corrected chi connectivity index (χ1v) is 6.89. The summed E-state index contributed by atoms with van der Waals surface area (Å²) in [5.74, 6) is 0.900. The molecular weight excluding hydrogens is 254 g/mol. The lowest BCUT2D eigenvalue weighted by Crippen LogP contribution is -2.34. The van der Waals surface area contributed by atoms with E-state index in [1.807, 2.05) is 28.8 Å². The maximum atomic E-state index is 6.09. The van der Waals surface area contributed by atoms with Gasteiger partial charge in [-0.2, -0.15) is 5.10 Å². The first-order valence-electron chi connectivity index (χ1n) is 5.07. The van der Waals surface area contributed by atoms with Gasteiger partial charge in [-0.25, -0.2) is 4.98 Å². The van der Waals surface area contributed by atoms with E-state index in [2.05, 4.69) is 15.2 Å². The highest BCUT2D eigenvalue weighted by Crippen LogP contribution is 2.38. The normalized spacial score (nSPS) is 19.8. The lowest BCUT2D eigenvalue weighted by Gasteiger charge is -2.23. The van der Waals surface area contributed by atoms with Crippen molar-refractivity contribution in [3.05, 3.63) is 33.8 Å². The molecule has 0 fully saturated rings. The van der Waals surface area contributed by atoms with Crippen molar-refractivity contribution in [1.29, 1.82) is 0 Å². The highest BCUT2D eigenvalue weighted by molar-refractivity contribution is 8.03. The zero-order chi connectivity index (χ0) is 11.8. The lowest BCUT2D eigenvalue weighted by molar-refractivity contribution is 0.919. The summed E-state index contributed by atoms with van der Waals surface area (Å²) in [5.41, 5.74) is 8.03. The fourth-order valence-corrected chi connectivity index (χ4v) is 3.15. The number of aromatic amines is 1. The van der Waals surface area contributed by atoms with Crippen LogP contribution in [-0.4, -0.2) is 20.7 Å². The van der Waals surface area contributed by atoms with Gasteiger partial charge in [0, 0.05) is 17.1 Å². The molecule has 0 spiro atoms. The first kappa shape index (κ1) is 10.8. The predicted octanol–water partition coefficient (Wildman–Crippen LogP) is 1.97. The van der Waals surface area contributed by atoms with E-state index in [-0.39, 0.29) is 5.50 Å². The van der Waals surface area contributed by atoms with Crippen molar-refractivity contribution in [2.45, 2.75) is 12.4 Å². The Bertz CT molecular complexity index is 545. The van der Waals surface area contributed by atoms with Gasteiger partial charge in [-0.15, -0.1) is 11.3 Å². The Hall–Kier alpha value is -1.31. The summed E-state index contributed by atoms with van der Waals surface area (Å²) >= 11 is 3.20. The maximum absolute atomic E-state index is 6.09. The standard InChI is InChI=1S/C10H11N5S2/c1-6-14-9(5-16-6)15-8(4-17-10(15)11)7-2-12-13-3-7/h2-5,10H,11H2,1H3,(H,12,13). The molecule has 0 bridgehead atoms. The molecule has 0 aliphatic carbocycles. The molecule has 0 saturated heterocycles. The predicted molar refractivity (Wildman–Crippen MR) is 71.5 cm³/mol. The molecule has 3 rings (SSSR count). The van der Waals surface area contributed by atoms with Gasteiger partial charge in [0.15, 0.2) is 0 Å². The third-order valence-electron chi connectivity index (χ3n) is 2.48. The van der Waals surface area contributed by atoms with Gasteiger partial charge in [0.2, 0.25) is 0 Å². The van der Waals surface area contributed by atoms with Gasteiger partial charge >= 0.3 is 0 Å². The molecule has 0 aromatic carbocycles. The van der Waals surface area contributed by atoms with E-state index in [0.29, 0.717) is 0 Å². The van der Waals surface area contributed by atoms with E-state index in [9.17, 15) is 0 Å². The van der Waals surface area contributed by atoms with E-state index in [1.54, 1.807) is 29.3 Å². The van der Waals surface area contributed by atoms with Crippen LogP contribution in [0, 0.1) is 6.92 Å². The molecular formula is C10H11N5S2. The van der Waals surface area contributed by atoms with Crippen molar-refractivity contribution in [3.63, 3.8) is 0 Å². The highest BCUT2D eigenvalue weighted by Gasteiger charge is 2.28.